The van der Waals surface area contributed by atoms with Gasteiger partial charge in [0.1, 0.15) is 5.69 Å². The lowest BCUT2D eigenvalue weighted by Crippen LogP contribution is -2.04. The lowest BCUT2D eigenvalue weighted by molar-refractivity contribution is 1.08. The minimum Gasteiger partial charge on any atom is -0.292 e. The molecule has 0 fully saturated rings. The summed E-state index contributed by atoms with van der Waals surface area (Å²) in [5, 5.41) is 7.18. The minimum atomic E-state index is 0.815. The van der Waals surface area contributed by atoms with Crippen LogP contribution >= 0.6 is 0 Å². The molecule has 0 N–H and O–H groups in total. The number of nitrogens with zero attached hydrogens (tertiary/aromatic N) is 3. The van der Waals surface area contributed by atoms with Crippen LogP contribution in [0.25, 0.3) is 93.7 Å². The van der Waals surface area contributed by atoms with Crippen molar-refractivity contribution in [1.82, 2.24) is 14.5 Å². The molecule has 228 valence electrons. The summed E-state index contributed by atoms with van der Waals surface area (Å²) in [6.45, 7) is 0. The highest BCUT2D eigenvalue weighted by atomic mass is 15.1. The van der Waals surface area contributed by atoms with Crippen LogP contribution in [0.4, 0.5) is 0 Å². The van der Waals surface area contributed by atoms with Crippen molar-refractivity contribution in [2.75, 3.05) is 0 Å². The monoisotopic (exact) mass is 623 g/mol. The van der Waals surface area contributed by atoms with E-state index in [4.69, 9.17) is 9.97 Å². The maximum atomic E-state index is 5.58. The van der Waals surface area contributed by atoms with Crippen LogP contribution in [0.1, 0.15) is 0 Å². The molecule has 10 aromatic rings. The first-order chi connectivity index (χ1) is 24.3. The van der Waals surface area contributed by atoms with Crippen molar-refractivity contribution >= 4 is 54.4 Å². The molecule has 0 bridgehead atoms. The standard InChI is InChI=1S/C46H29N3/c1-3-14-31(15-4-1)38-28-41-42(29-39(38)32-16-5-2-6-17-32)48-46(45(47-41)36-24-23-30-13-7-8-18-33(30)25-36)49-43-22-12-11-21-37(43)40-26-34-19-9-10-20-35(34)27-44(40)49/h1-29H. The van der Waals surface area contributed by atoms with E-state index in [1.165, 1.54) is 32.3 Å². The van der Waals surface area contributed by atoms with Crippen molar-refractivity contribution < 1.29 is 0 Å². The van der Waals surface area contributed by atoms with Crippen molar-refractivity contribution in [3.63, 3.8) is 0 Å². The highest BCUT2D eigenvalue weighted by Gasteiger charge is 2.21. The smallest absolute Gasteiger partial charge is 0.165 e. The third-order valence-electron chi connectivity index (χ3n) is 9.73. The molecule has 8 aromatic carbocycles. The summed E-state index contributed by atoms with van der Waals surface area (Å²) < 4.78 is 2.32. The number of hydrogen-bond donors (Lipinski definition) is 0. The van der Waals surface area contributed by atoms with Crippen molar-refractivity contribution in [3.05, 3.63) is 176 Å². The Morgan fingerprint density at radius 3 is 1.59 bits per heavy atom. The Kier molecular flexibility index (Phi) is 6.18. The molecule has 0 aliphatic carbocycles. The molecule has 0 saturated carbocycles. The lowest BCUT2D eigenvalue weighted by Gasteiger charge is -2.17. The van der Waals surface area contributed by atoms with E-state index in [2.05, 4.69) is 180 Å². The number of fused-ring (bicyclic) bond motifs is 6. The highest BCUT2D eigenvalue weighted by molar-refractivity contribution is 6.14. The second-order valence-electron chi connectivity index (χ2n) is 12.6. The first kappa shape index (κ1) is 27.5. The molecule has 0 unspecified atom stereocenters. The van der Waals surface area contributed by atoms with Gasteiger partial charge in [-0.2, -0.15) is 0 Å². The van der Waals surface area contributed by atoms with Crippen LogP contribution in [0.15, 0.2) is 176 Å². The SMILES string of the molecule is c1ccc(-c2cc3nc(-c4ccc5ccccc5c4)c(-n4c5ccccc5c5cc6ccccc6cc54)nc3cc2-c2ccccc2)cc1. The second-order valence-corrected chi connectivity index (χ2v) is 12.6. The average molecular weight is 624 g/mol. The third kappa shape index (κ3) is 4.51. The molecule has 10 rings (SSSR count). The summed E-state index contributed by atoms with van der Waals surface area (Å²) in [5.41, 5.74) is 10.4. The molecule has 0 aliphatic heterocycles. The Bertz CT molecular complexity index is 2870. The van der Waals surface area contributed by atoms with E-state index in [9.17, 15) is 0 Å². The van der Waals surface area contributed by atoms with Gasteiger partial charge in [0.05, 0.1) is 22.1 Å². The minimum absolute atomic E-state index is 0.815. The molecule has 2 heterocycles. The quantitative estimate of drug-likeness (QED) is 0.195. The topological polar surface area (TPSA) is 30.7 Å². The Hall–Kier alpha value is -6.58. The summed E-state index contributed by atoms with van der Waals surface area (Å²) in [5.74, 6) is 0.815. The molecular weight excluding hydrogens is 595 g/mol. The van der Waals surface area contributed by atoms with Gasteiger partial charge in [-0.25, -0.2) is 9.97 Å². The van der Waals surface area contributed by atoms with Crippen LogP contribution < -0.4 is 0 Å². The van der Waals surface area contributed by atoms with Crippen molar-refractivity contribution in [1.29, 1.82) is 0 Å². The molecule has 2 aromatic heterocycles. The van der Waals surface area contributed by atoms with Crippen LogP contribution in [0.3, 0.4) is 0 Å². The maximum Gasteiger partial charge on any atom is 0.165 e. The van der Waals surface area contributed by atoms with E-state index in [-0.39, 0.29) is 0 Å². The molecule has 0 spiro atoms. The Morgan fingerprint density at radius 2 is 0.898 bits per heavy atom. The van der Waals surface area contributed by atoms with E-state index in [0.29, 0.717) is 0 Å². The van der Waals surface area contributed by atoms with E-state index < -0.39 is 0 Å². The van der Waals surface area contributed by atoms with E-state index in [1.807, 2.05) is 0 Å². The average Bonchev–Trinajstić information content (AvgIpc) is 3.49. The van der Waals surface area contributed by atoms with Crippen LogP contribution in [0.2, 0.25) is 0 Å². The largest absolute Gasteiger partial charge is 0.292 e. The van der Waals surface area contributed by atoms with Gasteiger partial charge >= 0.3 is 0 Å². The zero-order valence-corrected chi connectivity index (χ0v) is 26.6. The van der Waals surface area contributed by atoms with Crippen LogP contribution in [0, 0.1) is 0 Å². The number of benzene rings is 8. The summed E-state index contributed by atoms with van der Waals surface area (Å²) in [7, 11) is 0. The molecule has 0 atom stereocenters. The normalized spacial score (nSPS) is 11.7. The number of rotatable bonds is 4. The van der Waals surface area contributed by atoms with Gasteiger partial charge < -0.3 is 0 Å². The summed E-state index contributed by atoms with van der Waals surface area (Å²) >= 11 is 0. The summed E-state index contributed by atoms with van der Waals surface area (Å²) in [4.78, 5) is 11.1. The fraction of sp³-hybridized carbons (Fsp3) is 0. The van der Waals surface area contributed by atoms with Gasteiger partial charge in [-0.1, -0.05) is 140 Å². The zero-order chi connectivity index (χ0) is 32.3. The molecular formula is C46H29N3. The van der Waals surface area contributed by atoms with Crippen molar-refractivity contribution in [2.24, 2.45) is 0 Å². The van der Waals surface area contributed by atoms with Gasteiger partial charge in [-0.3, -0.25) is 4.57 Å². The predicted molar refractivity (Wildman–Crippen MR) is 205 cm³/mol. The van der Waals surface area contributed by atoms with E-state index >= 15 is 0 Å². The van der Waals surface area contributed by atoms with Crippen LogP contribution in [0.5, 0.6) is 0 Å². The van der Waals surface area contributed by atoms with Crippen LogP contribution in [-0.4, -0.2) is 14.5 Å². The fourth-order valence-corrected chi connectivity index (χ4v) is 7.38. The van der Waals surface area contributed by atoms with Gasteiger partial charge in [0.15, 0.2) is 5.82 Å². The molecule has 49 heavy (non-hydrogen) atoms. The fourth-order valence-electron chi connectivity index (χ4n) is 7.38. The van der Waals surface area contributed by atoms with Gasteiger partial charge in [0.2, 0.25) is 0 Å². The van der Waals surface area contributed by atoms with E-state index in [1.54, 1.807) is 0 Å². The van der Waals surface area contributed by atoms with Crippen molar-refractivity contribution in [3.8, 4) is 39.3 Å². The van der Waals surface area contributed by atoms with Crippen LogP contribution in [-0.2, 0) is 0 Å². The second kappa shape index (κ2) is 11.0. The lowest BCUT2D eigenvalue weighted by atomic mass is 9.93. The van der Waals surface area contributed by atoms with Gasteiger partial charge in [0, 0.05) is 16.3 Å². The van der Waals surface area contributed by atoms with E-state index in [0.717, 1.165) is 61.4 Å². The first-order valence-corrected chi connectivity index (χ1v) is 16.7. The third-order valence-corrected chi connectivity index (χ3v) is 9.73. The summed E-state index contributed by atoms with van der Waals surface area (Å²) in [6.07, 6.45) is 0. The maximum absolute atomic E-state index is 5.58. The Morgan fingerprint density at radius 1 is 0.347 bits per heavy atom. The zero-order valence-electron chi connectivity index (χ0n) is 26.6. The number of aromatic nitrogens is 3. The summed E-state index contributed by atoms with van der Waals surface area (Å²) in [6, 6.07) is 62.6. The van der Waals surface area contributed by atoms with Gasteiger partial charge in [-0.05, 0) is 80.2 Å². The predicted octanol–water partition coefficient (Wildman–Crippen LogP) is 12.0. The van der Waals surface area contributed by atoms with Gasteiger partial charge in [-0.15, -0.1) is 0 Å². The molecule has 0 radical (unpaired) electrons. The van der Waals surface area contributed by atoms with Crippen molar-refractivity contribution in [2.45, 2.75) is 0 Å². The molecule has 3 nitrogen and oxygen atoms in total. The molecule has 0 aliphatic rings. The number of hydrogen-bond acceptors (Lipinski definition) is 2. The first-order valence-electron chi connectivity index (χ1n) is 16.7. The van der Waals surface area contributed by atoms with Gasteiger partial charge in [0.25, 0.3) is 0 Å². The molecule has 3 heteroatoms. The highest BCUT2D eigenvalue weighted by Crippen LogP contribution is 2.40. The molecule has 0 saturated heterocycles. The Labute approximate surface area is 283 Å². The Balaban J connectivity index is 1.34. The molecule has 0 amide bonds. The number of para-hydroxylation sites is 1.